The molecule has 0 radical (unpaired) electrons. The highest BCUT2D eigenvalue weighted by Gasteiger charge is 2.14. The Bertz CT molecular complexity index is 490. The third kappa shape index (κ3) is 4.25. The molecule has 1 heterocycles. The van der Waals surface area contributed by atoms with E-state index in [1.807, 2.05) is 36.6 Å². The molecule has 0 unspecified atom stereocenters. The molecule has 0 bridgehead atoms. The van der Waals surface area contributed by atoms with E-state index in [1.54, 1.807) is 11.8 Å². The fourth-order valence-corrected chi connectivity index (χ4v) is 2.00. The van der Waals surface area contributed by atoms with Crippen LogP contribution in [0.3, 0.4) is 0 Å². The number of benzene rings is 1. The average Bonchev–Trinajstić information content (AvgIpc) is 2.92. The largest absolute Gasteiger partial charge is 0.485 e. The minimum atomic E-state index is -0.203. The second-order valence-electron chi connectivity index (χ2n) is 4.04. The molecule has 6 heteroatoms. The Kier molecular flexibility index (Phi) is 5.23. The van der Waals surface area contributed by atoms with E-state index in [1.165, 1.54) is 0 Å². The Morgan fingerprint density at radius 1 is 1.37 bits per heavy atom. The van der Waals surface area contributed by atoms with E-state index in [2.05, 4.69) is 10.1 Å². The number of para-hydroxylation sites is 1. The van der Waals surface area contributed by atoms with Crippen molar-refractivity contribution in [2.75, 3.05) is 12.0 Å². The predicted molar refractivity (Wildman–Crippen MR) is 75.0 cm³/mol. The summed E-state index contributed by atoms with van der Waals surface area (Å²) < 4.78 is 10.7. The summed E-state index contributed by atoms with van der Waals surface area (Å²) in [5.41, 5.74) is 5.95. The van der Waals surface area contributed by atoms with E-state index >= 15 is 0 Å². The first kappa shape index (κ1) is 13.9. The van der Waals surface area contributed by atoms with Gasteiger partial charge in [0.2, 0.25) is 11.7 Å². The molecule has 1 atom stereocenters. The highest BCUT2D eigenvalue weighted by atomic mass is 32.2. The Morgan fingerprint density at radius 3 is 2.89 bits per heavy atom. The van der Waals surface area contributed by atoms with Gasteiger partial charge in [-0.1, -0.05) is 23.4 Å². The van der Waals surface area contributed by atoms with Gasteiger partial charge in [-0.15, -0.1) is 0 Å². The molecular formula is C13H17N3O2S. The van der Waals surface area contributed by atoms with Crippen molar-refractivity contribution >= 4 is 11.8 Å². The Balaban J connectivity index is 1.87. The standard InChI is InChI=1S/C13H17N3O2S/c1-19-8-7-11(14)13-15-12(16-18-13)9-17-10-5-3-2-4-6-10/h2-6,11H,7-9,14H2,1H3/t11-/m0/s1. The normalized spacial score (nSPS) is 12.3. The minimum Gasteiger partial charge on any atom is -0.485 e. The number of hydrogen-bond acceptors (Lipinski definition) is 6. The number of thioether (sulfide) groups is 1. The van der Waals surface area contributed by atoms with Crippen LogP contribution in [0.4, 0.5) is 0 Å². The van der Waals surface area contributed by atoms with Gasteiger partial charge >= 0.3 is 0 Å². The van der Waals surface area contributed by atoms with Crippen LogP contribution in [0.15, 0.2) is 34.9 Å². The summed E-state index contributed by atoms with van der Waals surface area (Å²) in [5, 5.41) is 3.86. The molecule has 102 valence electrons. The fourth-order valence-electron chi connectivity index (χ4n) is 1.51. The molecule has 5 nitrogen and oxygen atoms in total. The maximum absolute atomic E-state index is 5.95. The van der Waals surface area contributed by atoms with Crippen LogP contribution in [-0.2, 0) is 6.61 Å². The molecule has 0 fully saturated rings. The summed E-state index contributed by atoms with van der Waals surface area (Å²) in [6.45, 7) is 0.281. The lowest BCUT2D eigenvalue weighted by atomic mass is 10.2. The molecule has 1 aromatic carbocycles. The zero-order chi connectivity index (χ0) is 13.5. The third-order valence-corrected chi connectivity index (χ3v) is 3.19. The van der Waals surface area contributed by atoms with E-state index in [4.69, 9.17) is 15.0 Å². The first-order valence-corrected chi connectivity index (χ1v) is 7.44. The van der Waals surface area contributed by atoms with Crippen molar-refractivity contribution in [1.29, 1.82) is 0 Å². The SMILES string of the molecule is CSCC[C@H](N)c1nc(COc2ccccc2)no1. The van der Waals surface area contributed by atoms with Crippen LogP contribution < -0.4 is 10.5 Å². The van der Waals surface area contributed by atoms with E-state index in [-0.39, 0.29) is 12.6 Å². The van der Waals surface area contributed by atoms with E-state index in [0.717, 1.165) is 17.9 Å². The smallest absolute Gasteiger partial charge is 0.243 e. The summed E-state index contributed by atoms with van der Waals surface area (Å²) in [6, 6.07) is 9.32. The summed E-state index contributed by atoms with van der Waals surface area (Å²) in [5.74, 6) is 2.74. The van der Waals surface area contributed by atoms with Gasteiger partial charge in [-0.3, -0.25) is 0 Å². The quantitative estimate of drug-likeness (QED) is 0.839. The second kappa shape index (κ2) is 7.16. The molecule has 0 saturated carbocycles. The highest BCUT2D eigenvalue weighted by Crippen LogP contribution is 2.15. The molecule has 19 heavy (non-hydrogen) atoms. The van der Waals surface area contributed by atoms with E-state index in [0.29, 0.717) is 11.7 Å². The van der Waals surface area contributed by atoms with Crippen LogP contribution in [0.2, 0.25) is 0 Å². The number of nitrogens with two attached hydrogens (primary N) is 1. The topological polar surface area (TPSA) is 74.2 Å². The number of nitrogens with zero attached hydrogens (tertiary/aromatic N) is 2. The van der Waals surface area contributed by atoms with Crippen LogP contribution in [0, 0.1) is 0 Å². The first-order chi connectivity index (χ1) is 9.29. The molecule has 0 amide bonds. The van der Waals surface area contributed by atoms with Gasteiger partial charge in [-0.05, 0) is 30.6 Å². The lowest BCUT2D eigenvalue weighted by Crippen LogP contribution is -2.11. The third-order valence-electron chi connectivity index (χ3n) is 2.55. The number of rotatable bonds is 7. The lowest BCUT2D eigenvalue weighted by Gasteiger charge is -2.04. The van der Waals surface area contributed by atoms with Gasteiger partial charge in [-0.25, -0.2) is 0 Å². The number of ether oxygens (including phenoxy) is 1. The van der Waals surface area contributed by atoms with Crippen molar-refractivity contribution in [3.8, 4) is 5.75 Å². The second-order valence-corrected chi connectivity index (χ2v) is 5.02. The van der Waals surface area contributed by atoms with Crippen molar-refractivity contribution < 1.29 is 9.26 Å². The lowest BCUT2D eigenvalue weighted by molar-refractivity contribution is 0.283. The Morgan fingerprint density at radius 2 is 2.16 bits per heavy atom. The van der Waals surface area contributed by atoms with Gasteiger partial charge in [0.15, 0.2) is 6.61 Å². The molecule has 2 rings (SSSR count). The molecule has 1 aromatic heterocycles. The van der Waals surface area contributed by atoms with E-state index in [9.17, 15) is 0 Å². The van der Waals surface area contributed by atoms with Crippen molar-refractivity contribution in [1.82, 2.24) is 10.1 Å². The first-order valence-electron chi connectivity index (χ1n) is 6.04. The van der Waals surface area contributed by atoms with Crippen LogP contribution in [0.1, 0.15) is 24.2 Å². The monoisotopic (exact) mass is 279 g/mol. The van der Waals surface area contributed by atoms with Crippen molar-refractivity contribution in [3.05, 3.63) is 42.0 Å². The van der Waals surface area contributed by atoms with Crippen LogP contribution in [0.5, 0.6) is 5.75 Å². The average molecular weight is 279 g/mol. The van der Waals surface area contributed by atoms with Crippen LogP contribution in [0.25, 0.3) is 0 Å². The maximum Gasteiger partial charge on any atom is 0.243 e. The summed E-state index contributed by atoms with van der Waals surface area (Å²) >= 11 is 1.74. The van der Waals surface area contributed by atoms with Crippen molar-refractivity contribution in [3.63, 3.8) is 0 Å². The van der Waals surface area contributed by atoms with Crippen LogP contribution >= 0.6 is 11.8 Å². The van der Waals surface area contributed by atoms with Crippen molar-refractivity contribution in [2.24, 2.45) is 5.73 Å². The molecule has 0 aliphatic carbocycles. The molecule has 2 N–H and O–H groups in total. The van der Waals surface area contributed by atoms with E-state index < -0.39 is 0 Å². The van der Waals surface area contributed by atoms with Gasteiger partial charge < -0.3 is 15.0 Å². The predicted octanol–water partition coefficient (Wildman–Crippen LogP) is 2.40. The Hall–Kier alpha value is -1.53. The zero-order valence-corrected chi connectivity index (χ0v) is 11.6. The number of hydrogen-bond donors (Lipinski definition) is 1. The molecule has 0 saturated heterocycles. The fraction of sp³-hybridized carbons (Fsp3) is 0.385. The molecule has 0 aliphatic rings. The molecule has 0 aliphatic heterocycles. The molecular weight excluding hydrogens is 262 g/mol. The summed E-state index contributed by atoms with van der Waals surface area (Å²) in [6.07, 6.45) is 2.86. The molecule has 0 spiro atoms. The van der Waals surface area contributed by atoms with Gasteiger partial charge in [0, 0.05) is 0 Å². The summed E-state index contributed by atoms with van der Waals surface area (Å²) in [4.78, 5) is 4.24. The Labute approximate surface area is 116 Å². The van der Waals surface area contributed by atoms with Crippen molar-refractivity contribution in [2.45, 2.75) is 19.1 Å². The highest BCUT2D eigenvalue weighted by molar-refractivity contribution is 7.98. The minimum absolute atomic E-state index is 0.203. The van der Waals surface area contributed by atoms with Gasteiger partial charge in [0.1, 0.15) is 5.75 Å². The zero-order valence-electron chi connectivity index (χ0n) is 10.8. The molecule has 2 aromatic rings. The summed E-state index contributed by atoms with van der Waals surface area (Å²) in [7, 11) is 0. The number of aromatic nitrogens is 2. The van der Waals surface area contributed by atoms with Gasteiger partial charge in [0.05, 0.1) is 6.04 Å². The maximum atomic E-state index is 5.95. The van der Waals surface area contributed by atoms with Gasteiger partial charge in [-0.2, -0.15) is 16.7 Å². The van der Waals surface area contributed by atoms with Crippen LogP contribution in [-0.4, -0.2) is 22.1 Å². The van der Waals surface area contributed by atoms with Gasteiger partial charge in [0.25, 0.3) is 0 Å².